The zero-order valence-corrected chi connectivity index (χ0v) is 12.5. The number of carbonyl (C=O) groups is 1. The zero-order chi connectivity index (χ0) is 17.0. The molecule has 4 N–H and O–H groups in total. The van der Waals surface area contributed by atoms with E-state index in [1.807, 2.05) is 0 Å². The summed E-state index contributed by atoms with van der Waals surface area (Å²) in [6, 6.07) is 6.57. The molecule has 0 spiro atoms. The van der Waals surface area contributed by atoms with Crippen LogP contribution in [0.2, 0.25) is 0 Å². The summed E-state index contributed by atoms with van der Waals surface area (Å²) in [6.45, 7) is -0.656. The van der Waals surface area contributed by atoms with Gasteiger partial charge in [0, 0.05) is 0 Å². The van der Waals surface area contributed by atoms with Gasteiger partial charge in [-0.2, -0.15) is 0 Å². The standard InChI is InChI=1S/C15H20O8/c1-21-14(19)9-5-3-2-4-8(9)7-22-13-12(18)11(17)10(6-16)23-15(13)20/h2-5,10-13,15-18,20H,6-7H2,1H3/t10-,11-,12+,13+,15?/m1/s1. The molecular weight excluding hydrogens is 308 g/mol. The van der Waals surface area contributed by atoms with Gasteiger partial charge in [-0.25, -0.2) is 4.79 Å². The molecule has 1 saturated heterocycles. The predicted molar refractivity (Wildman–Crippen MR) is 76.3 cm³/mol. The average Bonchev–Trinajstić information content (AvgIpc) is 2.57. The van der Waals surface area contributed by atoms with Crippen LogP contribution < -0.4 is 0 Å². The molecule has 8 nitrogen and oxygen atoms in total. The Bertz CT molecular complexity index is 534. The van der Waals surface area contributed by atoms with Gasteiger partial charge < -0.3 is 34.6 Å². The largest absolute Gasteiger partial charge is 0.465 e. The van der Waals surface area contributed by atoms with Crippen molar-refractivity contribution in [3.8, 4) is 0 Å². The number of aliphatic hydroxyl groups is 4. The van der Waals surface area contributed by atoms with Crippen LogP contribution in [0.5, 0.6) is 0 Å². The van der Waals surface area contributed by atoms with Crippen molar-refractivity contribution in [1.29, 1.82) is 0 Å². The molecule has 5 atom stereocenters. The molecule has 0 amide bonds. The summed E-state index contributed by atoms with van der Waals surface area (Å²) < 4.78 is 15.1. The van der Waals surface area contributed by atoms with E-state index in [4.69, 9.17) is 14.6 Å². The quantitative estimate of drug-likeness (QED) is 0.496. The molecule has 0 bridgehead atoms. The van der Waals surface area contributed by atoms with Crippen LogP contribution in [0.15, 0.2) is 24.3 Å². The smallest absolute Gasteiger partial charge is 0.338 e. The minimum atomic E-state index is -1.52. The summed E-state index contributed by atoms with van der Waals surface area (Å²) in [5.41, 5.74) is 0.794. The fourth-order valence-corrected chi connectivity index (χ4v) is 2.39. The average molecular weight is 328 g/mol. The van der Waals surface area contributed by atoms with Crippen molar-refractivity contribution in [3.63, 3.8) is 0 Å². The molecule has 1 aromatic carbocycles. The van der Waals surface area contributed by atoms with Gasteiger partial charge in [0.05, 0.1) is 25.9 Å². The molecule has 8 heteroatoms. The molecule has 1 aromatic rings. The highest BCUT2D eigenvalue weighted by molar-refractivity contribution is 5.90. The van der Waals surface area contributed by atoms with Gasteiger partial charge in [-0.3, -0.25) is 0 Å². The van der Waals surface area contributed by atoms with Crippen molar-refractivity contribution >= 4 is 5.97 Å². The van der Waals surface area contributed by atoms with Gasteiger partial charge in [0.15, 0.2) is 6.29 Å². The van der Waals surface area contributed by atoms with Crippen molar-refractivity contribution in [1.82, 2.24) is 0 Å². The third-order valence-corrected chi connectivity index (χ3v) is 3.70. The fourth-order valence-electron chi connectivity index (χ4n) is 2.39. The number of ether oxygens (including phenoxy) is 3. The van der Waals surface area contributed by atoms with E-state index >= 15 is 0 Å². The van der Waals surface area contributed by atoms with Crippen LogP contribution in [-0.2, 0) is 20.8 Å². The first kappa shape index (κ1) is 17.8. The number of carbonyl (C=O) groups excluding carboxylic acids is 1. The van der Waals surface area contributed by atoms with E-state index in [0.717, 1.165) is 0 Å². The number of rotatable bonds is 5. The van der Waals surface area contributed by atoms with Gasteiger partial charge in [-0.15, -0.1) is 0 Å². The van der Waals surface area contributed by atoms with E-state index in [1.165, 1.54) is 7.11 Å². The molecule has 23 heavy (non-hydrogen) atoms. The van der Waals surface area contributed by atoms with Gasteiger partial charge in [-0.05, 0) is 11.6 Å². The van der Waals surface area contributed by atoms with Crippen LogP contribution in [0.1, 0.15) is 15.9 Å². The first-order valence-corrected chi connectivity index (χ1v) is 7.08. The van der Waals surface area contributed by atoms with E-state index in [9.17, 15) is 20.1 Å². The Morgan fingerprint density at radius 2 is 1.91 bits per heavy atom. The third kappa shape index (κ3) is 3.86. The summed E-state index contributed by atoms with van der Waals surface area (Å²) in [7, 11) is 1.26. The van der Waals surface area contributed by atoms with Crippen LogP contribution >= 0.6 is 0 Å². The third-order valence-electron chi connectivity index (χ3n) is 3.70. The summed E-state index contributed by atoms with van der Waals surface area (Å²) >= 11 is 0. The van der Waals surface area contributed by atoms with E-state index in [0.29, 0.717) is 11.1 Å². The van der Waals surface area contributed by atoms with Crippen molar-refractivity contribution in [2.24, 2.45) is 0 Å². The van der Waals surface area contributed by atoms with E-state index in [2.05, 4.69) is 4.74 Å². The number of methoxy groups -OCH3 is 1. The van der Waals surface area contributed by atoms with E-state index in [-0.39, 0.29) is 6.61 Å². The van der Waals surface area contributed by atoms with Crippen LogP contribution in [0.25, 0.3) is 0 Å². The number of hydrogen-bond donors (Lipinski definition) is 4. The minimum absolute atomic E-state index is 0.107. The SMILES string of the molecule is COC(=O)c1ccccc1CO[C@@H]1C(O)O[C@H](CO)[C@@H](O)[C@@H]1O. The van der Waals surface area contributed by atoms with Gasteiger partial charge in [-0.1, -0.05) is 18.2 Å². The maximum Gasteiger partial charge on any atom is 0.338 e. The Hall–Kier alpha value is -1.55. The summed E-state index contributed by atoms with van der Waals surface area (Å²) in [6.07, 6.45) is -6.68. The number of esters is 1. The first-order chi connectivity index (χ1) is 11.0. The lowest BCUT2D eigenvalue weighted by Crippen LogP contribution is -2.59. The molecule has 128 valence electrons. The molecule has 0 aromatic heterocycles. The fraction of sp³-hybridized carbons (Fsp3) is 0.533. The Balaban J connectivity index is 2.07. The van der Waals surface area contributed by atoms with Crippen LogP contribution in [-0.4, -0.2) is 70.8 Å². The molecule has 1 heterocycles. The minimum Gasteiger partial charge on any atom is -0.465 e. The highest BCUT2D eigenvalue weighted by Gasteiger charge is 2.44. The highest BCUT2D eigenvalue weighted by atomic mass is 16.7. The second kappa shape index (κ2) is 7.82. The topological polar surface area (TPSA) is 126 Å². The highest BCUT2D eigenvalue weighted by Crippen LogP contribution is 2.23. The maximum absolute atomic E-state index is 11.7. The van der Waals surface area contributed by atoms with Gasteiger partial charge >= 0.3 is 5.97 Å². The predicted octanol–water partition coefficient (Wildman–Crippen LogP) is -1.21. The van der Waals surface area contributed by atoms with Gasteiger partial charge in [0.2, 0.25) is 0 Å². The van der Waals surface area contributed by atoms with Crippen LogP contribution in [0.3, 0.4) is 0 Å². The second-order valence-electron chi connectivity index (χ2n) is 5.15. The molecule has 1 unspecified atom stereocenters. The maximum atomic E-state index is 11.7. The Labute approximate surface area is 132 Å². The van der Waals surface area contributed by atoms with Crippen molar-refractivity contribution in [2.45, 2.75) is 37.3 Å². The van der Waals surface area contributed by atoms with Gasteiger partial charge in [0.1, 0.15) is 24.4 Å². The molecule has 1 aliphatic heterocycles. The second-order valence-corrected chi connectivity index (χ2v) is 5.15. The lowest BCUT2D eigenvalue weighted by atomic mass is 9.99. The Morgan fingerprint density at radius 3 is 2.57 bits per heavy atom. The van der Waals surface area contributed by atoms with Crippen LogP contribution in [0, 0.1) is 0 Å². The summed E-state index contributed by atoms with van der Waals surface area (Å²) in [5.74, 6) is -0.537. The normalized spacial score (nSPS) is 30.9. The van der Waals surface area contributed by atoms with E-state index in [1.54, 1.807) is 24.3 Å². The molecule has 0 saturated carbocycles. The number of hydrogen-bond acceptors (Lipinski definition) is 8. The van der Waals surface area contributed by atoms with Crippen molar-refractivity contribution < 1.29 is 39.4 Å². The molecule has 2 rings (SSSR count). The number of benzene rings is 1. The zero-order valence-electron chi connectivity index (χ0n) is 12.5. The molecule has 0 radical (unpaired) electrons. The summed E-state index contributed by atoms with van der Waals surface area (Å²) in [4.78, 5) is 11.7. The molecule has 1 aliphatic rings. The monoisotopic (exact) mass is 328 g/mol. The van der Waals surface area contributed by atoms with Crippen molar-refractivity contribution in [3.05, 3.63) is 35.4 Å². The van der Waals surface area contributed by atoms with Crippen LogP contribution in [0.4, 0.5) is 0 Å². The Morgan fingerprint density at radius 1 is 1.22 bits per heavy atom. The molecule has 1 fully saturated rings. The lowest BCUT2D eigenvalue weighted by Gasteiger charge is -2.39. The first-order valence-electron chi connectivity index (χ1n) is 7.08. The van der Waals surface area contributed by atoms with Gasteiger partial charge in [0.25, 0.3) is 0 Å². The van der Waals surface area contributed by atoms with E-state index < -0.39 is 43.3 Å². The molecule has 0 aliphatic carbocycles. The summed E-state index contributed by atoms with van der Waals surface area (Å²) in [5, 5.41) is 38.7. The number of aliphatic hydroxyl groups excluding tert-OH is 4. The Kier molecular flexibility index (Phi) is 6.05. The van der Waals surface area contributed by atoms with Crippen molar-refractivity contribution in [2.75, 3.05) is 13.7 Å². The molecular formula is C15H20O8. The lowest BCUT2D eigenvalue weighted by molar-refractivity contribution is -0.298.